The highest BCUT2D eigenvalue weighted by Crippen LogP contribution is 2.15. The third kappa shape index (κ3) is 9.33. The fourth-order valence-corrected chi connectivity index (χ4v) is 0.712. The molecule has 0 fully saturated rings. The Morgan fingerprint density at radius 2 is 1.27 bits per heavy atom. The third-order valence-electron chi connectivity index (χ3n) is 1.30. The van der Waals surface area contributed by atoms with Gasteiger partial charge in [-0.05, 0) is 24.3 Å². The number of hydrogen-bond donors (Lipinski definition) is 1. The summed E-state index contributed by atoms with van der Waals surface area (Å²) in [6.07, 6.45) is 0. The van der Waals surface area contributed by atoms with Crippen LogP contribution in [0.5, 0.6) is 11.5 Å². The summed E-state index contributed by atoms with van der Waals surface area (Å²) in [6, 6.07) is 7.44. The standard InChI is InChI=1S/C8H10O2.ClHO3S/c1-9-7-3-5-8(10-2)6-4-7;1-5(2,3)4/h3-6H,1-2H3;(H,2,3,4). The molecule has 0 spiro atoms. The lowest BCUT2D eigenvalue weighted by atomic mass is 10.3. The Hall–Kier alpha value is -0.980. The minimum Gasteiger partial charge on any atom is -0.497 e. The number of benzene rings is 1. The SMILES string of the molecule is COc1ccc(OC)cc1.O=S(=O)(O)Cl. The molecule has 0 saturated carbocycles. The Kier molecular flexibility index (Phi) is 6.07. The minimum absolute atomic E-state index is 0.848. The van der Waals surface area contributed by atoms with E-state index in [9.17, 15) is 0 Å². The zero-order valence-electron chi connectivity index (χ0n) is 8.18. The smallest absolute Gasteiger partial charge is 0.353 e. The number of halogens is 1. The van der Waals surface area contributed by atoms with Gasteiger partial charge < -0.3 is 9.47 Å². The third-order valence-corrected chi connectivity index (χ3v) is 1.30. The second-order valence-electron chi connectivity index (χ2n) is 2.29. The first kappa shape index (κ1) is 14.0. The first-order valence-electron chi connectivity index (χ1n) is 3.72. The predicted octanol–water partition coefficient (Wildman–Crippen LogP) is 1.73. The van der Waals surface area contributed by atoms with Crippen LogP contribution in [-0.2, 0) is 9.33 Å². The first-order chi connectivity index (χ1) is 6.86. The van der Waals surface area contributed by atoms with Crippen molar-refractivity contribution in [3.05, 3.63) is 24.3 Å². The van der Waals surface area contributed by atoms with Crippen molar-refractivity contribution in [2.24, 2.45) is 0 Å². The van der Waals surface area contributed by atoms with Gasteiger partial charge in [0.1, 0.15) is 11.5 Å². The van der Waals surface area contributed by atoms with Crippen molar-refractivity contribution in [1.29, 1.82) is 0 Å². The predicted molar refractivity (Wildman–Crippen MR) is 56.9 cm³/mol. The van der Waals surface area contributed by atoms with E-state index in [1.165, 1.54) is 0 Å². The van der Waals surface area contributed by atoms with Crippen molar-refractivity contribution in [2.75, 3.05) is 14.2 Å². The van der Waals surface area contributed by atoms with Crippen molar-refractivity contribution in [3.8, 4) is 11.5 Å². The molecule has 1 rings (SSSR count). The van der Waals surface area contributed by atoms with Crippen molar-refractivity contribution < 1.29 is 22.4 Å². The zero-order chi connectivity index (χ0) is 11.9. The van der Waals surface area contributed by atoms with Crippen LogP contribution < -0.4 is 9.47 Å². The van der Waals surface area contributed by atoms with Gasteiger partial charge in [0.15, 0.2) is 0 Å². The number of ether oxygens (including phenoxy) is 2. The van der Waals surface area contributed by atoms with Crippen molar-refractivity contribution in [1.82, 2.24) is 0 Å². The van der Waals surface area contributed by atoms with Crippen molar-refractivity contribution >= 4 is 20.0 Å². The summed E-state index contributed by atoms with van der Waals surface area (Å²) in [5.41, 5.74) is 0. The highest BCUT2D eigenvalue weighted by atomic mass is 35.7. The Bertz CT molecular complexity index is 342. The second kappa shape index (κ2) is 6.49. The molecule has 1 aromatic rings. The van der Waals surface area contributed by atoms with Gasteiger partial charge in [-0.2, -0.15) is 8.42 Å². The van der Waals surface area contributed by atoms with Gasteiger partial charge in [0.2, 0.25) is 0 Å². The molecule has 0 unspecified atom stereocenters. The van der Waals surface area contributed by atoms with Crippen LogP contribution in [0.1, 0.15) is 0 Å². The molecule has 0 aliphatic carbocycles. The molecule has 0 amide bonds. The van der Waals surface area contributed by atoms with E-state index in [4.69, 9.17) is 22.4 Å². The van der Waals surface area contributed by atoms with Gasteiger partial charge in [-0.15, -0.1) is 0 Å². The van der Waals surface area contributed by atoms with Crippen LogP contribution in [0.4, 0.5) is 0 Å². The van der Waals surface area contributed by atoms with E-state index in [0.29, 0.717) is 0 Å². The number of hydrogen-bond acceptors (Lipinski definition) is 4. The highest BCUT2D eigenvalue weighted by molar-refractivity contribution is 8.09. The molecule has 15 heavy (non-hydrogen) atoms. The summed E-state index contributed by atoms with van der Waals surface area (Å²) < 4.78 is 35.1. The van der Waals surface area contributed by atoms with Gasteiger partial charge in [-0.25, -0.2) is 0 Å². The Balaban J connectivity index is 0.000000336. The van der Waals surface area contributed by atoms with Gasteiger partial charge in [0, 0.05) is 10.7 Å². The van der Waals surface area contributed by atoms with E-state index in [0.717, 1.165) is 11.5 Å². The van der Waals surface area contributed by atoms with Crippen LogP contribution in [0.15, 0.2) is 24.3 Å². The first-order valence-corrected chi connectivity index (χ1v) is 5.98. The molecule has 86 valence electrons. The van der Waals surface area contributed by atoms with Crippen molar-refractivity contribution in [3.63, 3.8) is 0 Å². The van der Waals surface area contributed by atoms with Crippen LogP contribution in [-0.4, -0.2) is 27.2 Å². The molecule has 0 bridgehead atoms. The van der Waals surface area contributed by atoms with E-state index in [2.05, 4.69) is 10.7 Å². The van der Waals surface area contributed by atoms with Gasteiger partial charge in [-0.3, -0.25) is 4.55 Å². The lowest BCUT2D eigenvalue weighted by molar-refractivity contribution is 0.403. The van der Waals surface area contributed by atoms with E-state index in [1.54, 1.807) is 14.2 Å². The van der Waals surface area contributed by atoms with Crippen molar-refractivity contribution in [2.45, 2.75) is 0 Å². The molecule has 0 aliphatic heterocycles. The zero-order valence-corrected chi connectivity index (χ0v) is 9.75. The van der Waals surface area contributed by atoms with Crippen LogP contribution in [0.25, 0.3) is 0 Å². The lowest BCUT2D eigenvalue weighted by Gasteiger charge is -2.00. The molecule has 1 aromatic carbocycles. The lowest BCUT2D eigenvalue weighted by Crippen LogP contribution is -1.83. The molecule has 0 aromatic heterocycles. The average molecular weight is 255 g/mol. The second-order valence-corrected chi connectivity index (χ2v) is 4.29. The van der Waals surface area contributed by atoms with E-state index >= 15 is 0 Å². The normalized spacial score (nSPS) is 9.87. The quantitative estimate of drug-likeness (QED) is 0.643. The summed E-state index contributed by atoms with van der Waals surface area (Å²) in [5, 5.41) is 0. The summed E-state index contributed by atoms with van der Waals surface area (Å²) in [4.78, 5) is 0. The average Bonchev–Trinajstić information content (AvgIpc) is 2.15. The molecule has 0 heterocycles. The molecular weight excluding hydrogens is 244 g/mol. The maximum absolute atomic E-state index is 8.95. The van der Waals surface area contributed by atoms with Gasteiger partial charge in [0.25, 0.3) is 0 Å². The monoisotopic (exact) mass is 254 g/mol. The summed E-state index contributed by atoms with van der Waals surface area (Å²) in [6.45, 7) is 0. The Labute approximate surface area is 92.8 Å². The van der Waals surface area contributed by atoms with Gasteiger partial charge in [-0.1, -0.05) is 0 Å². The van der Waals surface area contributed by atoms with Crippen LogP contribution in [0, 0.1) is 0 Å². The molecular formula is C8H11ClO5S. The highest BCUT2D eigenvalue weighted by Gasteiger charge is 1.90. The maximum atomic E-state index is 8.95. The Morgan fingerprint density at radius 1 is 1.07 bits per heavy atom. The van der Waals surface area contributed by atoms with E-state index in [1.807, 2.05) is 24.3 Å². The van der Waals surface area contributed by atoms with Gasteiger partial charge in [0.05, 0.1) is 14.2 Å². The van der Waals surface area contributed by atoms with Crippen LogP contribution >= 0.6 is 10.7 Å². The molecule has 7 heteroatoms. The van der Waals surface area contributed by atoms with Crippen LogP contribution in [0.2, 0.25) is 0 Å². The van der Waals surface area contributed by atoms with E-state index in [-0.39, 0.29) is 0 Å². The number of rotatable bonds is 2. The van der Waals surface area contributed by atoms with Gasteiger partial charge >= 0.3 is 9.33 Å². The maximum Gasteiger partial charge on any atom is 0.353 e. The molecule has 0 atom stereocenters. The molecule has 0 saturated heterocycles. The minimum atomic E-state index is -4.19. The van der Waals surface area contributed by atoms with Crippen LogP contribution in [0.3, 0.4) is 0 Å². The topological polar surface area (TPSA) is 72.8 Å². The summed E-state index contributed by atoms with van der Waals surface area (Å²) in [7, 11) is 3.14. The summed E-state index contributed by atoms with van der Waals surface area (Å²) >= 11 is 0. The molecule has 0 aliphatic rings. The fraction of sp³-hybridized carbons (Fsp3) is 0.250. The molecule has 1 N–H and O–H groups in total. The number of methoxy groups -OCH3 is 2. The molecule has 0 radical (unpaired) electrons. The fourth-order valence-electron chi connectivity index (χ4n) is 0.712. The Morgan fingerprint density at radius 3 is 1.40 bits per heavy atom. The largest absolute Gasteiger partial charge is 0.497 e. The van der Waals surface area contributed by atoms with E-state index < -0.39 is 9.33 Å². The summed E-state index contributed by atoms with van der Waals surface area (Å²) in [5.74, 6) is 1.70. The molecule has 5 nitrogen and oxygen atoms in total.